The smallest absolute Gasteiger partial charge is 0.137 e. The van der Waals surface area contributed by atoms with E-state index >= 15 is 0 Å². The Morgan fingerprint density at radius 3 is 1.75 bits per heavy atom. The maximum Gasteiger partial charge on any atom is 0.137 e. The lowest BCUT2D eigenvalue weighted by Crippen LogP contribution is -2.10. The van der Waals surface area contributed by atoms with Gasteiger partial charge in [0.25, 0.3) is 0 Å². The molecule has 0 aliphatic rings. The SMILES string of the molecule is c1ccc(-c2ccc(N(c3ccccc3)c3cccc4oc5ccc(-c6ccc7c(c6)c6ccccc6n7-c6ccccc6)cc5c34)cc2)cc1. The summed E-state index contributed by atoms with van der Waals surface area (Å²) in [6.07, 6.45) is 0. The number of rotatable bonds is 6. The first-order chi connectivity index (χ1) is 25.3. The predicted molar refractivity (Wildman–Crippen MR) is 214 cm³/mol. The molecule has 0 amide bonds. The van der Waals surface area contributed by atoms with E-state index in [0.717, 1.165) is 50.3 Å². The number of anilines is 3. The van der Waals surface area contributed by atoms with Gasteiger partial charge in [0.05, 0.1) is 22.1 Å². The molecule has 0 aliphatic carbocycles. The Morgan fingerprint density at radius 1 is 0.373 bits per heavy atom. The van der Waals surface area contributed by atoms with Crippen molar-refractivity contribution in [2.24, 2.45) is 0 Å². The molecule has 8 aromatic carbocycles. The van der Waals surface area contributed by atoms with Gasteiger partial charge in [0.15, 0.2) is 0 Å². The van der Waals surface area contributed by atoms with Gasteiger partial charge in [-0.05, 0) is 101 Å². The zero-order valence-corrected chi connectivity index (χ0v) is 27.8. The molecule has 0 bridgehead atoms. The Bertz CT molecular complexity index is 2830. The molecule has 0 saturated heterocycles. The predicted octanol–water partition coefficient (Wildman–Crippen LogP) is 13.5. The fourth-order valence-corrected chi connectivity index (χ4v) is 7.62. The van der Waals surface area contributed by atoms with Crippen molar-refractivity contribution in [2.45, 2.75) is 0 Å². The molecule has 0 saturated carbocycles. The van der Waals surface area contributed by atoms with E-state index in [2.05, 4.69) is 204 Å². The van der Waals surface area contributed by atoms with Crippen LogP contribution in [0.1, 0.15) is 0 Å². The van der Waals surface area contributed by atoms with Gasteiger partial charge in [0.2, 0.25) is 0 Å². The number of aromatic nitrogens is 1. The van der Waals surface area contributed by atoms with Gasteiger partial charge >= 0.3 is 0 Å². The van der Waals surface area contributed by atoms with Crippen molar-refractivity contribution in [1.29, 1.82) is 0 Å². The van der Waals surface area contributed by atoms with Crippen LogP contribution in [0, 0.1) is 0 Å². The fraction of sp³-hybridized carbons (Fsp3) is 0. The summed E-state index contributed by atoms with van der Waals surface area (Å²) in [6, 6.07) is 69.0. The highest BCUT2D eigenvalue weighted by Crippen LogP contribution is 2.44. The number of nitrogens with zero attached hydrogens (tertiary/aromatic N) is 2. The Hall–Kier alpha value is -6.84. The maximum absolute atomic E-state index is 6.53. The third-order valence-electron chi connectivity index (χ3n) is 9.98. The van der Waals surface area contributed by atoms with E-state index in [0.29, 0.717) is 0 Å². The van der Waals surface area contributed by atoms with Crippen LogP contribution in [0.3, 0.4) is 0 Å². The van der Waals surface area contributed by atoms with E-state index in [1.54, 1.807) is 0 Å². The number of furan rings is 1. The lowest BCUT2D eigenvalue weighted by Gasteiger charge is -2.26. The van der Waals surface area contributed by atoms with Crippen LogP contribution < -0.4 is 4.90 Å². The summed E-state index contributed by atoms with van der Waals surface area (Å²) in [5.74, 6) is 0. The molecule has 0 fully saturated rings. The standard InChI is InChI=1S/C48H32N2O/c1-4-13-33(14-5-1)34-23-27-39(28-24-34)49(37-15-6-2-7-16-37)45-21-12-22-47-48(45)42-32-36(26-30-46(42)51-47)35-25-29-44-41(31-35)40-19-10-11-20-43(40)50(44)38-17-8-3-9-18-38/h1-32H. The van der Waals surface area contributed by atoms with Crippen molar-refractivity contribution in [3.63, 3.8) is 0 Å². The zero-order chi connectivity index (χ0) is 33.7. The quantitative estimate of drug-likeness (QED) is 0.178. The van der Waals surface area contributed by atoms with Gasteiger partial charge in [-0.25, -0.2) is 0 Å². The van der Waals surface area contributed by atoms with E-state index in [1.807, 2.05) is 0 Å². The molecule has 0 unspecified atom stereocenters. The number of hydrogen-bond acceptors (Lipinski definition) is 2. The van der Waals surface area contributed by atoms with Crippen LogP contribution in [-0.2, 0) is 0 Å². The summed E-state index contributed by atoms with van der Waals surface area (Å²) < 4.78 is 8.89. The average molecular weight is 653 g/mol. The molecule has 0 aliphatic heterocycles. The first-order valence-corrected chi connectivity index (χ1v) is 17.4. The van der Waals surface area contributed by atoms with Crippen LogP contribution in [0.2, 0.25) is 0 Å². The molecule has 2 heterocycles. The van der Waals surface area contributed by atoms with Gasteiger partial charge in [0.1, 0.15) is 11.2 Å². The van der Waals surface area contributed by atoms with Crippen molar-refractivity contribution >= 4 is 60.8 Å². The molecule has 0 atom stereocenters. The molecule has 3 heteroatoms. The molecule has 0 N–H and O–H groups in total. The average Bonchev–Trinajstić information content (AvgIpc) is 3.75. The van der Waals surface area contributed by atoms with E-state index in [1.165, 1.54) is 38.5 Å². The highest BCUT2D eigenvalue weighted by Gasteiger charge is 2.20. The monoisotopic (exact) mass is 652 g/mol. The molecule has 0 radical (unpaired) electrons. The highest BCUT2D eigenvalue weighted by molar-refractivity contribution is 6.15. The number of fused-ring (bicyclic) bond motifs is 6. The lowest BCUT2D eigenvalue weighted by molar-refractivity contribution is 0.669. The van der Waals surface area contributed by atoms with E-state index in [-0.39, 0.29) is 0 Å². The minimum atomic E-state index is 0.864. The third-order valence-corrected chi connectivity index (χ3v) is 9.98. The largest absolute Gasteiger partial charge is 0.456 e. The van der Waals surface area contributed by atoms with Crippen molar-refractivity contribution in [3.05, 3.63) is 194 Å². The lowest BCUT2D eigenvalue weighted by atomic mass is 10.00. The van der Waals surface area contributed by atoms with Gasteiger partial charge in [-0.3, -0.25) is 0 Å². The molecule has 3 nitrogen and oxygen atoms in total. The van der Waals surface area contributed by atoms with E-state index in [4.69, 9.17) is 4.42 Å². The van der Waals surface area contributed by atoms with Crippen LogP contribution in [0.4, 0.5) is 17.1 Å². The summed E-state index contributed by atoms with van der Waals surface area (Å²) in [4.78, 5) is 2.34. The van der Waals surface area contributed by atoms with Crippen LogP contribution in [0.25, 0.3) is 71.7 Å². The van der Waals surface area contributed by atoms with Crippen LogP contribution in [0.15, 0.2) is 199 Å². The second-order valence-electron chi connectivity index (χ2n) is 13.0. The minimum absolute atomic E-state index is 0.864. The number of para-hydroxylation sites is 3. The Labute approximate surface area is 295 Å². The van der Waals surface area contributed by atoms with E-state index < -0.39 is 0 Å². The summed E-state index contributed by atoms with van der Waals surface area (Å²) in [5, 5.41) is 4.66. The van der Waals surface area contributed by atoms with Crippen molar-refractivity contribution in [3.8, 4) is 27.9 Å². The second-order valence-corrected chi connectivity index (χ2v) is 13.0. The van der Waals surface area contributed by atoms with Crippen LogP contribution in [-0.4, -0.2) is 4.57 Å². The number of benzene rings is 8. The third kappa shape index (κ3) is 4.90. The van der Waals surface area contributed by atoms with Gasteiger partial charge < -0.3 is 13.9 Å². The molecule has 10 aromatic rings. The first kappa shape index (κ1) is 29.1. The van der Waals surface area contributed by atoms with Gasteiger partial charge in [-0.2, -0.15) is 0 Å². The molecular formula is C48H32N2O. The normalized spacial score (nSPS) is 11.5. The summed E-state index contributed by atoms with van der Waals surface area (Å²) in [6.45, 7) is 0. The molecule has 10 rings (SSSR count). The summed E-state index contributed by atoms with van der Waals surface area (Å²) >= 11 is 0. The zero-order valence-electron chi connectivity index (χ0n) is 27.8. The second kappa shape index (κ2) is 11.9. The Morgan fingerprint density at radius 2 is 0.961 bits per heavy atom. The van der Waals surface area contributed by atoms with E-state index in [9.17, 15) is 0 Å². The fourth-order valence-electron chi connectivity index (χ4n) is 7.62. The Kier molecular flexibility index (Phi) is 6.81. The first-order valence-electron chi connectivity index (χ1n) is 17.4. The summed E-state index contributed by atoms with van der Waals surface area (Å²) in [5.41, 5.74) is 13.2. The van der Waals surface area contributed by atoms with Crippen molar-refractivity contribution in [2.75, 3.05) is 4.90 Å². The van der Waals surface area contributed by atoms with Crippen LogP contribution >= 0.6 is 0 Å². The van der Waals surface area contributed by atoms with Crippen molar-refractivity contribution in [1.82, 2.24) is 4.57 Å². The van der Waals surface area contributed by atoms with Gasteiger partial charge in [-0.1, -0.05) is 115 Å². The molecule has 0 spiro atoms. The van der Waals surface area contributed by atoms with Crippen LogP contribution in [0.5, 0.6) is 0 Å². The maximum atomic E-state index is 6.53. The van der Waals surface area contributed by atoms with Gasteiger partial charge in [0, 0.05) is 33.2 Å². The molecule has 51 heavy (non-hydrogen) atoms. The molecule has 240 valence electrons. The molecule has 2 aromatic heterocycles. The minimum Gasteiger partial charge on any atom is -0.456 e. The highest BCUT2D eigenvalue weighted by atomic mass is 16.3. The topological polar surface area (TPSA) is 21.3 Å². The van der Waals surface area contributed by atoms with Crippen molar-refractivity contribution < 1.29 is 4.42 Å². The number of hydrogen-bond donors (Lipinski definition) is 0. The summed E-state index contributed by atoms with van der Waals surface area (Å²) in [7, 11) is 0. The molecular weight excluding hydrogens is 621 g/mol. The Balaban J connectivity index is 1.14. The van der Waals surface area contributed by atoms with Gasteiger partial charge in [-0.15, -0.1) is 0 Å².